The number of pyridine rings is 1. The lowest BCUT2D eigenvalue weighted by Crippen LogP contribution is -1.99. The average molecular weight is 206 g/mol. The van der Waals surface area contributed by atoms with Crippen LogP contribution in [0.2, 0.25) is 0 Å². The molecule has 0 amide bonds. The highest BCUT2D eigenvalue weighted by Crippen LogP contribution is 2.22. The summed E-state index contributed by atoms with van der Waals surface area (Å²) in [6, 6.07) is 7.32. The number of para-hydroxylation sites is 1. The molecule has 4 heteroatoms. The highest BCUT2D eigenvalue weighted by Gasteiger charge is 2.01. The van der Waals surface area contributed by atoms with E-state index < -0.39 is 6.67 Å². The normalized spacial score (nSPS) is 10.5. The Morgan fingerprint density at radius 3 is 3.07 bits per heavy atom. The summed E-state index contributed by atoms with van der Waals surface area (Å²) in [5.41, 5.74) is 7.11. The molecule has 3 nitrogen and oxygen atoms in total. The van der Waals surface area contributed by atoms with Gasteiger partial charge in [-0.25, -0.2) is 4.39 Å². The first kappa shape index (κ1) is 9.71. The largest absolute Gasteiger partial charge is 0.489 e. The van der Waals surface area contributed by atoms with Gasteiger partial charge in [-0.1, -0.05) is 12.1 Å². The van der Waals surface area contributed by atoms with Crippen LogP contribution in [0.15, 0.2) is 30.5 Å². The van der Waals surface area contributed by atoms with Crippen LogP contribution >= 0.6 is 0 Å². The van der Waals surface area contributed by atoms with Gasteiger partial charge in [0.25, 0.3) is 0 Å². The molecule has 0 bridgehead atoms. The fourth-order valence-corrected chi connectivity index (χ4v) is 1.40. The summed E-state index contributed by atoms with van der Waals surface area (Å²) < 4.78 is 17.0. The summed E-state index contributed by atoms with van der Waals surface area (Å²) in [7, 11) is 0. The van der Waals surface area contributed by atoms with Crippen molar-refractivity contribution in [1.82, 2.24) is 4.98 Å². The van der Waals surface area contributed by atoms with Crippen molar-refractivity contribution in [3.05, 3.63) is 30.5 Å². The van der Waals surface area contributed by atoms with Crippen LogP contribution in [0.1, 0.15) is 0 Å². The minimum atomic E-state index is -0.505. The number of alkyl halides is 1. The van der Waals surface area contributed by atoms with Gasteiger partial charge in [0.15, 0.2) is 0 Å². The zero-order valence-corrected chi connectivity index (χ0v) is 8.11. The molecule has 0 aliphatic carbocycles. The van der Waals surface area contributed by atoms with Gasteiger partial charge in [-0.05, 0) is 12.1 Å². The summed E-state index contributed by atoms with van der Waals surface area (Å²) in [4.78, 5) is 4.16. The van der Waals surface area contributed by atoms with Crippen LogP contribution in [-0.2, 0) is 0 Å². The number of hydrogen-bond donors (Lipinski definition) is 1. The van der Waals surface area contributed by atoms with E-state index >= 15 is 0 Å². The number of nitrogens with two attached hydrogens (primary N) is 1. The van der Waals surface area contributed by atoms with Crippen molar-refractivity contribution in [2.24, 2.45) is 0 Å². The van der Waals surface area contributed by atoms with E-state index in [2.05, 4.69) is 4.98 Å². The number of fused-ring (bicyclic) bond motifs is 1. The number of ether oxygens (including phenoxy) is 1. The summed E-state index contributed by atoms with van der Waals surface area (Å²) in [5.74, 6) is 0.561. The second kappa shape index (κ2) is 4.13. The molecule has 1 aromatic heterocycles. The van der Waals surface area contributed by atoms with E-state index in [4.69, 9.17) is 10.5 Å². The van der Waals surface area contributed by atoms with Crippen molar-refractivity contribution in [1.29, 1.82) is 0 Å². The third-order valence-electron chi connectivity index (χ3n) is 2.06. The fourth-order valence-electron chi connectivity index (χ4n) is 1.40. The lowest BCUT2D eigenvalue weighted by Gasteiger charge is -2.05. The molecule has 0 saturated carbocycles. The molecule has 1 heterocycles. The number of rotatable bonds is 3. The van der Waals surface area contributed by atoms with Gasteiger partial charge in [-0.3, -0.25) is 4.98 Å². The van der Waals surface area contributed by atoms with E-state index in [0.29, 0.717) is 11.4 Å². The van der Waals surface area contributed by atoms with Gasteiger partial charge in [0.1, 0.15) is 19.0 Å². The molecular weight excluding hydrogens is 195 g/mol. The molecule has 2 aromatic rings. The molecule has 0 radical (unpaired) electrons. The highest BCUT2D eigenvalue weighted by atomic mass is 19.1. The third kappa shape index (κ3) is 1.98. The minimum absolute atomic E-state index is 0.0511. The molecule has 2 N–H and O–H groups in total. The zero-order valence-electron chi connectivity index (χ0n) is 8.11. The highest BCUT2D eigenvalue weighted by molar-refractivity contribution is 5.89. The standard InChI is InChI=1S/C11H11FN2O/c12-4-5-15-9-6-8-2-1-3-10(13)11(8)14-7-9/h1-3,6-7H,4-5,13H2. The Kier molecular flexibility index (Phi) is 2.67. The minimum Gasteiger partial charge on any atom is -0.489 e. The fraction of sp³-hybridized carbons (Fsp3) is 0.182. The van der Waals surface area contributed by atoms with Gasteiger partial charge in [0, 0.05) is 5.39 Å². The van der Waals surface area contributed by atoms with Gasteiger partial charge >= 0.3 is 0 Å². The number of nitrogens with zero attached hydrogens (tertiary/aromatic N) is 1. The molecule has 0 saturated heterocycles. The van der Waals surface area contributed by atoms with Crippen molar-refractivity contribution >= 4 is 16.6 Å². The maximum absolute atomic E-state index is 11.9. The van der Waals surface area contributed by atoms with Crippen LogP contribution in [0.5, 0.6) is 5.75 Å². The van der Waals surface area contributed by atoms with E-state index in [0.717, 1.165) is 10.9 Å². The Morgan fingerprint density at radius 2 is 2.27 bits per heavy atom. The second-order valence-electron chi connectivity index (χ2n) is 3.13. The summed E-state index contributed by atoms with van der Waals surface area (Å²) in [5, 5.41) is 0.895. The summed E-state index contributed by atoms with van der Waals surface area (Å²) in [6.07, 6.45) is 1.55. The lowest BCUT2D eigenvalue weighted by molar-refractivity contribution is 0.273. The molecule has 78 valence electrons. The van der Waals surface area contributed by atoms with E-state index in [9.17, 15) is 4.39 Å². The van der Waals surface area contributed by atoms with Crippen molar-refractivity contribution in [3.63, 3.8) is 0 Å². The number of benzene rings is 1. The SMILES string of the molecule is Nc1cccc2cc(OCCF)cnc12. The molecule has 1 aromatic carbocycles. The molecule has 0 aliphatic heterocycles. The van der Waals surface area contributed by atoms with Crippen molar-refractivity contribution in [2.45, 2.75) is 0 Å². The quantitative estimate of drug-likeness (QED) is 0.783. The van der Waals surface area contributed by atoms with E-state index in [1.165, 1.54) is 0 Å². The number of hydrogen-bond acceptors (Lipinski definition) is 3. The van der Waals surface area contributed by atoms with Crippen LogP contribution in [0.25, 0.3) is 10.9 Å². The first-order valence-electron chi connectivity index (χ1n) is 4.64. The van der Waals surface area contributed by atoms with Crippen LogP contribution in [0.3, 0.4) is 0 Å². The zero-order chi connectivity index (χ0) is 10.7. The van der Waals surface area contributed by atoms with E-state index in [1.54, 1.807) is 18.3 Å². The first-order valence-corrected chi connectivity index (χ1v) is 4.64. The van der Waals surface area contributed by atoms with Gasteiger partial charge in [-0.2, -0.15) is 0 Å². The van der Waals surface area contributed by atoms with Crippen LogP contribution < -0.4 is 10.5 Å². The Labute approximate surface area is 86.7 Å². The number of halogens is 1. The predicted octanol–water partition coefficient (Wildman–Crippen LogP) is 2.17. The average Bonchev–Trinajstić information content (AvgIpc) is 2.26. The molecule has 0 unspecified atom stereocenters. The number of aromatic nitrogens is 1. The number of nitrogen functional groups attached to an aromatic ring is 1. The summed E-state index contributed by atoms with van der Waals surface area (Å²) >= 11 is 0. The topological polar surface area (TPSA) is 48.1 Å². The maximum atomic E-state index is 11.9. The molecule has 0 spiro atoms. The van der Waals surface area contributed by atoms with Gasteiger partial charge in [0.2, 0.25) is 0 Å². The van der Waals surface area contributed by atoms with Crippen molar-refractivity contribution < 1.29 is 9.13 Å². The molecule has 0 aliphatic rings. The second-order valence-corrected chi connectivity index (χ2v) is 3.13. The van der Waals surface area contributed by atoms with E-state index in [1.807, 2.05) is 12.1 Å². The van der Waals surface area contributed by atoms with Crippen LogP contribution in [0, 0.1) is 0 Å². The third-order valence-corrected chi connectivity index (χ3v) is 2.06. The molecule has 0 atom stereocenters. The van der Waals surface area contributed by atoms with Crippen molar-refractivity contribution in [3.8, 4) is 5.75 Å². The first-order chi connectivity index (χ1) is 7.31. The predicted molar refractivity (Wildman–Crippen MR) is 57.6 cm³/mol. The van der Waals surface area contributed by atoms with Gasteiger partial charge in [-0.15, -0.1) is 0 Å². The molecular formula is C11H11FN2O. The monoisotopic (exact) mass is 206 g/mol. The smallest absolute Gasteiger partial charge is 0.138 e. The number of anilines is 1. The molecule has 15 heavy (non-hydrogen) atoms. The Morgan fingerprint density at radius 1 is 1.40 bits per heavy atom. The van der Waals surface area contributed by atoms with Gasteiger partial charge < -0.3 is 10.5 Å². The molecule has 2 rings (SSSR count). The van der Waals surface area contributed by atoms with Crippen molar-refractivity contribution in [2.75, 3.05) is 19.0 Å². The molecule has 0 fully saturated rings. The lowest BCUT2D eigenvalue weighted by atomic mass is 10.2. The van der Waals surface area contributed by atoms with E-state index in [-0.39, 0.29) is 6.61 Å². The Hall–Kier alpha value is -1.84. The Bertz CT molecular complexity index is 473. The maximum Gasteiger partial charge on any atom is 0.138 e. The summed E-state index contributed by atoms with van der Waals surface area (Å²) in [6.45, 7) is -0.454. The van der Waals surface area contributed by atoms with Crippen LogP contribution in [-0.4, -0.2) is 18.3 Å². The Balaban J connectivity index is 2.39. The van der Waals surface area contributed by atoms with Crippen LogP contribution in [0.4, 0.5) is 10.1 Å². The van der Waals surface area contributed by atoms with Gasteiger partial charge in [0.05, 0.1) is 17.4 Å².